The number of para-hydroxylation sites is 1. The van der Waals surface area contributed by atoms with Gasteiger partial charge in [-0.3, -0.25) is 4.79 Å². The summed E-state index contributed by atoms with van der Waals surface area (Å²) in [5.74, 6) is 1.61. The van der Waals surface area contributed by atoms with Crippen LogP contribution in [0.4, 0.5) is 5.69 Å². The van der Waals surface area contributed by atoms with Gasteiger partial charge in [0.15, 0.2) is 0 Å². The number of amides is 1. The first-order valence-corrected chi connectivity index (χ1v) is 11.0. The van der Waals surface area contributed by atoms with Crippen molar-refractivity contribution in [3.05, 3.63) is 95.6 Å². The second-order valence-corrected chi connectivity index (χ2v) is 7.63. The topological polar surface area (TPSA) is 71.3 Å². The van der Waals surface area contributed by atoms with Crippen LogP contribution in [-0.4, -0.2) is 19.1 Å². The molecule has 1 N–H and O–H groups in total. The molecule has 0 saturated carbocycles. The predicted octanol–water partition coefficient (Wildman–Crippen LogP) is 6.20. The molecule has 0 heterocycles. The summed E-state index contributed by atoms with van der Waals surface area (Å²) in [6, 6.07) is 26.4. The summed E-state index contributed by atoms with van der Waals surface area (Å²) in [7, 11) is 0. The van der Waals surface area contributed by atoms with E-state index in [1.807, 2.05) is 36.4 Å². The van der Waals surface area contributed by atoms with Gasteiger partial charge in [-0.25, -0.2) is 0 Å². The number of carbonyl (C=O) groups is 1. The fourth-order valence-corrected chi connectivity index (χ4v) is 3.14. The molecule has 3 aromatic carbocycles. The number of nitrogens with one attached hydrogen (secondary N) is 1. The van der Waals surface area contributed by atoms with Gasteiger partial charge < -0.3 is 14.8 Å². The van der Waals surface area contributed by atoms with E-state index in [1.54, 1.807) is 42.5 Å². The second kappa shape index (κ2) is 12.1. The van der Waals surface area contributed by atoms with Gasteiger partial charge in [0.25, 0.3) is 5.91 Å². The monoisotopic (exact) mass is 440 g/mol. The number of carbonyl (C=O) groups excluding carboxylic acids is 1. The van der Waals surface area contributed by atoms with Gasteiger partial charge >= 0.3 is 0 Å². The summed E-state index contributed by atoms with van der Waals surface area (Å²) >= 11 is 0. The number of anilines is 1. The maximum absolute atomic E-state index is 12.3. The average molecular weight is 441 g/mol. The summed E-state index contributed by atoms with van der Waals surface area (Å²) in [6.07, 6.45) is 2.66. The first-order valence-electron chi connectivity index (χ1n) is 11.0. The zero-order chi connectivity index (χ0) is 23.5. The van der Waals surface area contributed by atoms with Crippen LogP contribution in [0, 0.1) is 11.3 Å². The van der Waals surface area contributed by atoms with Crippen molar-refractivity contribution in [1.29, 1.82) is 5.26 Å². The molecule has 0 saturated heterocycles. The highest BCUT2D eigenvalue weighted by molar-refractivity contribution is 6.09. The van der Waals surface area contributed by atoms with E-state index in [0.717, 1.165) is 17.7 Å². The molecule has 1 atom stereocenters. The molecule has 0 aromatic heterocycles. The van der Waals surface area contributed by atoms with Crippen LogP contribution in [0.1, 0.15) is 37.3 Å². The van der Waals surface area contributed by atoms with Crippen LogP contribution >= 0.6 is 0 Å². The van der Waals surface area contributed by atoms with Crippen molar-refractivity contribution in [1.82, 2.24) is 0 Å². The number of nitrogens with zero attached hydrogens (tertiary/aromatic N) is 1. The van der Waals surface area contributed by atoms with Crippen molar-refractivity contribution >= 4 is 17.7 Å². The first kappa shape index (κ1) is 23.6. The van der Waals surface area contributed by atoms with E-state index in [4.69, 9.17) is 9.47 Å². The highest BCUT2D eigenvalue weighted by Gasteiger charge is 2.09. The smallest absolute Gasteiger partial charge is 0.266 e. The maximum atomic E-state index is 12.3. The predicted molar refractivity (Wildman–Crippen MR) is 131 cm³/mol. The third-order valence-electron chi connectivity index (χ3n) is 5.27. The molecule has 0 aliphatic carbocycles. The van der Waals surface area contributed by atoms with Crippen molar-refractivity contribution in [2.45, 2.75) is 26.2 Å². The van der Waals surface area contributed by atoms with Crippen molar-refractivity contribution in [2.24, 2.45) is 0 Å². The van der Waals surface area contributed by atoms with Gasteiger partial charge in [0.2, 0.25) is 0 Å². The third-order valence-corrected chi connectivity index (χ3v) is 5.27. The molecule has 0 spiro atoms. The second-order valence-electron chi connectivity index (χ2n) is 7.63. The Kier molecular flexibility index (Phi) is 8.67. The molecular formula is C28H28N2O3. The van der Waals surface area contributed by atoms with Crippen LogP contribution in [0.2, 0.25) is 0 Å². The molecule has 1 amide bonds. The minimum absolute atomic E-state index is 0.0280. The Morgan fingerprint density at radius 1 is 0.939 bits per heavy atom. The quantitative estimate of drug-likeness (QED) is 0.231. The Balaban J connectivity index is 1.48. The van der Waals surface area contributed by atoms with Crippen LogP contribution < -0.4 is 14.8 Å². The lowest BCUT2D eigenvalue weighted by molar-refractivity contribution is -0.112. The Labute approximate surface area is 195 Å². The summed E-state index contributed by atoms with van der Waals surface area (Å²) in [5, 5.41) is 12.1. The van der Waals surface area contributed by atoms with E-state index >= 15 is 0 Å². The van der Waals surface area contributed by atoms with E-state index < -0.39 is 5.91 Å². The molecule has 0 unspecified atom stereocenters. The maximum Gasteiger partial charge on any atom is 0.266 e. The molecule has 3 aromatic rings. The lowest BCUT2D eigenvalue weighted by atomic mass is 9.99. The Hall–Kier alpha value is -4.04. The molecule has 0 bridgehead atoms. The molecule has 3 rings (SSSR count). The average Bonchev–Trinajstić information content (AvgIpc) is 2.86. The molecule has 5 nitrogen and oxygen atoms in total. The number of benzene rings is 3. The summed E-state index contributed by atoms with van der Waals surface area (Å²) < 4.78 is 11.5. The van der Waals surface area contributed by atoms with Crippen LogP contribution in [-0.2, 0) is 4.79 Å². The summed E-state index contributed by atoms with van der Waals surface area (Å²) in [4.78, 5) is 12.3. The number of hydrogen-bond acceptors (Lipinski definition) is 4. The van der Waals surface area contributed by atoms with Crippen molar-refractivity contribution in [3.63, 3.8) is 0 Å². The minimum Gasteiger partial charge on any atom is -0.490 e. The fraction of sp³-hybridized carbons (Fsp3) is 0.214. The van der Waals surface area contributed by atoms with Gasteiger partial charge in [0, 0.05) is 5.69 Å². The zero-order valence-corrected chi connectivity index (χ0v) is 19.0. The van der Waals surface area contributed by atoms with Crippen molar-refractivity contribution < 1.29 is 14.3 Å². The van der Waals surface area contributed by atoms with Crippen molar-refractivity contribution in [3.8, 4) is 17.6 Å². The minimum atomic E-state index is -0.446. The standard InChI is InChI=1S/C28H28N2O3/c1-3-21(2)23-11-15-27(16-12-23)33-18-17-32-26-13-9-22(10-14-26)19-24(20-29)28(31)30-25-7-5-4-6-8-25/h4-16,19,21H,3,17-18H2,1-2H3,(H,30,31)/b24-19-/t21-/m1/s1. The number of nitriles is 1. The molecule has 0 radical (unpaired) electrons. The lowest BCUT2D eigenvalue weighted by Crippen LogP contribution is -2.13. The fourth-order valence-electron chi connectivity index (χ4n) is 3.14. The van der Waals surface area contributed by atoms with Gasteiger partial charge in [0.1, 0.15) is 36.4 Å². The highest BCUT2D eigenvalue weighted by Crippen LogP contribution is 2.21. The Morgan fingerprint density at radius 3 is 2.06 bits per heavy atom. The first-order chi connectivity index (χ1) is 16.1. The van der Waals surface area contributed by atoms with Crippen molar-refractivity contribution in [2.75, 3.05) is 18.5 Å². The number of rotatable bonds is 10. The normalized spacial score (nSPS) is 11.8. The third kappa shape index (κ3) is 7.26. The van der Waals surface area contributed by atoms with Gasteiger partial charge in [0.05, 0.1) is 0 Å². The van der Waals surface area contributed by atoms with Crippen LogP contribution in [0.25, 0.3) is 6.08 Å². The molecule has 0 aliphatic rings. The summed E-state index contributed by atoms with van der Waals surface area (Å²) in [6.45, 7) is 5.24. The van der Waals surface area contributed by atoms with Gasteiger partial charge in [-0.2, -0.15) is 5.26 Å². The van der Waals surface area contributed by atoms with E-state index in [2.05, 4.69) is 31.3 Å². The molecule has 168 valence electrons. The molecular weight excluding hydrogens is 412 g/mol. The largest absolute Gasteiger partial charge is 0.490 e. The lowest BCUT2D eigenvalue weighted by Gasteiger charge is -2.11. The highest BCUT2D eigenvalue weighted by atomic mass is 16.5. The van der Waals surface area contributed by atoms with Crippen LogP contribution in [0.5, 0.6) is 11.5 Å². The van der Waals surface area contributed by atoms with Crippen LogP contribution in [0.3, 0.4) is 0 Å². The molecule has 0 aliphatic heterocycles. The van der Waals surface area contributed by atoms with Gasteiger partial charge in [-0.1, -0.05) is 56.3 Å². The summed E-state index contributed by atoms with van der Waals surface area (Å²) in [5.41, 5.74) is 2.72. The number of hydrogen-bond donors (Lipinski definition) is 1. The molecule has 5 heteroatoms. The zero-order valence-electron chi connectivity index (χ0n) is 19.0. The van der Waals surface area contributed by atoms with E-state index in [1.165, 1.54) is 5.56 Å². The number of ether oxygens (including phenoxy) is 2. The SMILES string of the molecule is CC[C@@H](C)c1ccc(OCCOc2ccc(/C=C(/C#N)C(=O)Nc3ccccc3)cc2)cc1. The molecule has 0 fully saturated rings. The Bertz CT molecular complexity index is 1100. The Morgan fingerprint density at radius 2 is 1.52 bits per heavy atom. The van der Waals surface area contributed by atoms with Crippen LogP contribution in [0.15, 0.2) is 84.4 Å². The molecule has 33 heavy (non-hydrogen) atoms. The van der Waals surface area contributed by atoms with E-state index in [0.29, 0.717) is 30.6 Å². The van der Waals surface area contributed by atoms with E-state index in [-0.39, 0.29) is 5.57 Å². The van der Waals surface area contributed by atoms with E-state index in [9.17, 15) is 10.1 Å². The van der Waals surface area contributed by atoms with Gasteiger partial charge in [-0.15, -0.1) is 0 Å². The van der Waals surface area contributed by atoms with Gasteiger partial charge in [-0.05, 0) is 65.9 Å².